The Labute approximate surface area is 131 Å². The highest BCUT2D eigenvalue weighted by Gasteiger charge is 2.24. The molecular formula is C12H9IN4O2S. The highest BCUT2D eigenvalue weighted by molar-refractivity contribution is 14.1. The summed E-state index contributed by atoms with van der Waals surface area (Å²) >= 11 is 4.07. The molecular weight excluding hydrogens is 391 g/mol. The van der Waals surface area contributed by atoms with Crippen molar-refractivity contribution in [2.75, 3.05) is 0 Å². The number of rotatable bonds is 3. The number of aromatic nitrogens is 3. The zero-order chi connectivity index (χ0) is 13.5. The number of nitrogens with one attached hydrogen (secondary N) is 1. The molecule has 1 aliphatic heterocycles. The Morgan fingerprint density at radius 1 is 1.35 bits per heavy atom. The highest BCUT2D eigenvalue weighted by Crippen LogP contribution is 2.38. The van der Waals surface area contributed by atoms with Crippen molar-refractivity contribution in [1.82, 2.24) is 20.6 Å². The zero-order valence-corrected chi connectivity index (χ0v) is 13.2. The smallest absolute Gasteiger partial charge is 0.269 e. The molecule has 3 aromatic heterocycles. The summed E-state index contributed by atoms with van der Waals surface area (Å²) in [5.74, 6) is 1.92. The third kappa shape index (κ3) is 2.07. The fraction of sp³-hybridized carbons (Fsp3) is 0.250. The maximum atomic E-state index is 5.38. The van der Waals surface area contributed by atoms with Crippen molar-refractivity contribution in [1.29, 1.82) is 0 Å². The molecule has 0 aliphatic carbocycles. The van der Waals surface area contributed by atoms with E-state index in [9.17, 15) is 0 Å². The Hall–Kier alpha value is -1.26. The second-order valence-corrected chi connectivity index (χ2v) is 6.61. The normalized spacial score (nSPS) is 13.8. The number of nitrogens with zero attached hydrogens (tertiary/aromatic N) is 3. The van der Waals surface area contributed by atoms with Crippen LogP contribution in [0.1, 0.15) is 22.0 Å². The van der Waals surface area contributed by atoms with Crippen molar-refractivity contribution < 1.29 is 9.05 Å². The number of hydrogen-bond acceptors (Lipinski definition) is 7. The molecule has 0 aromatic carbocycles. The summed E-state index contributed by atoms with van der Waals surface area (Å²) in [4.78, 5) is 6.87. The maximum Gasteiger partial charge on any atom is 0.269 e. The van der Waals surface area contributed by atoms with E-state index in [1.165, 1.54) is 14.0 Å². The van der Waals surface area contributed by atoms with Gasteiger partial charge in [-0.15, -0.1) is 11.3 Å². The summed E-state index contributed by atoms with van der Waals surface area (Å²) in [6, 6.07) is 1.80. The van der Waals surface area contributed by atoms with Crippen LogP contribution in [-0.2, 0) is 19.5 Å². The molecule has 4 rings (SSSR count). The quantitative estimate of drug-likeness (QED) is 0.682. The molecule has 0 saturated heterocycles. The standard InChI is InChI=1S/C12H9IN4O2S/c13-10-7-4-14-5-8(7)20-11(10)12-16-9(17-19-12)3-6-1-2-15-18-6/h1-2,14H,3-5H2. The minimum atomic E-state index is 0.493. The van der Waals surface area contributed by atoms with Crippen molar-refractivity contribution in [2.24, 2.45) is 0 Å². The van der Waals surface area contributed by atoms with E-state index in [2.05, 4.69) is 43.2 Å². The summed E-state index contributed by atoms with van der Waals surface area (Å²) in [6.07, 6.45) is 2.10. The Bertz CT molecular complexity index is 750. The third-order valence-electron chi connectivity index (χ3n) is 3.10. The van der Waals surface area contributed by atoms with Gasteiger partial charge >= 0.3 is 0 Å². The van der Waals surface area contributed by atoms with Gasteiger partial charge in [0, 0.05) is 27.6 Å². The summed E-state index contributed by atoms with van der Waals surface area (Å²) < 4.78 is 11.6. The molecule has 1 aliphatic rings. The van der Waals surface area contributed by atoms with E-state index >= 15 is 0 Å². The average Bonchev–Trinajstić information content (AvgIpc) is 3.17. The van der Waals surface area contributed by atoms with Crippen molar-refractivity contribution in [3.8, 4) is 10.8 Å². The molecule has 0 amide bonds. The van der Waals surface area contributed by atoms with Crippen molar-refractivity contribution in [3.05, 3.63) is 37.9 Å². The minimum absolute atomic E-state index is 0.493. The van der Waals surface area contributed by atoms with E-state index in [4.69, 9.17) is 9.05 Å². The molecule has 20 heavy (non-hydrogen) atoms. The Morgan fingerprint density at radius 2 is 2.30 bits per heavy atom. The van der Waals surface area contributed by atoms with Crippen LogP contribution in [0.15, 0.2) is 21.3 Å². The van der Waals surface area contributed by atoms with Gasteiger partial charge in [-0.25, -0.2) is 0 Å². The monoisotopic (exact) mass is 400 g/mol. The fourth-order valence-electron chi connectivity index (χ4n) is 2.15. The van der Waals surface area contributed by atoms with Gasteiger partial charge < -0.3 is 14.4 Å². The van der Waals surface area contributed by atoms with Gasteiger partial charge in [0.2, 0.25) is 0 Å². The molecule has 0 bridgehead atoms. The van der Waals surface area contributed by atoms with E-state index in [0.29, 0.717) is 18.1 Å². The molecule has 6 nitrogen and oxygen atoms in total. The number of hydrogen-bond donors (Lipinski definition) is 1. The predicted molar refractivity (Wildman–Crippen MR) is 80.2 cm³/mol. The van der Waals surface area contributed by atoms with E-state index in [1.54, 1.807) is 23.6 Å². The first-order chi connectivity index (χ1) is 9.81. The molecule has 0 saturated carbocycles. The maximum absolute atomic E-state index is 5.38. The largest absolute Gasteiger partial charge is 0.361 e. The van der Waals surface area contributed by atoms with E-state index in [1.807, 2.05) is 0 Å². The lowest BCUT2D eigenvalue weighted by molar-refractivity contribution is 0.382. The van der Waals surface area contributed by atoms with Crippen LogP contribution >= 0.6 is 33.9 Å². The van der Waals surface area contributed by atoms with Crippen LogP contribution in [0.4, 0.5) is 0 Å². The van der Waals surface area contributed by atoms with Crippen LogP contribution in [0.3, 0.4) is 0 Å². The number of thiophene rings is 1. The van der Waals surface area contributed by atoms with Gasteiger partial charge in [-0.2, -0.15) is 4.98 Å². The van der Waals surface area contributed by atoms with Crippen molar-refractivity contribution in [3.63, 3.8) is 0 Å². The third-order valence-corrected chi connectivity index (χ3v) is 5.88. The van der Waals surface area contributed by atoms with Crippen LogP contribution in [0.5, 0.6) is 0 Å². The summed E-state index contributed by atoms with van der Waals surface area (Å²) in [6.45, 7) is 1.85. The van der Waals surface area contributed by atoms with Gasteiger partial charge in [0.1, 0.15) is 10.6 Å². The SMILES string of the molecule is Ic1c(-c2nc(Cc3ccno3)no2)sc2c1CNC2. The topological polar surface area (TPSA) is 77.0 Å². The van der Waals surface area contributed by atoms with Crippen LogP contribution < -0.4 is 5.32 Å². The molecule has 0 radical (unpaired) electrons. The summed E-state index contributed by atoms with van der Waals surface area (Å²) in [7, 11) is 0. The summed E-state index contributed by atoms with van der Waals surface area (Å²) in [5.41, 5.74) is 1.36. The predicted octanol–water partition coefficient (Wildman–Crippen LogP) is 2.58. The lowest BCUT2D eigenvalue weighted by atomic mass is 10.3. The Morgan fingerprint density at radius 3 is 3.10 bits per heavy atom. The molecule has 102 valence electrons. The molecule has 0 fully saturated rings. The van der Waals surface area contributed by atoms with Crippen molar-refractivity contribution in [2.45, 2.75) is 19.5 Å². The number of fused-ring (bicyclic) bond motifs is 1. The molecule has 8 heteroatoms. The fourth-order valence-corrected chi connectivity index (χ4v) is 4.52. The lowest BCUT2D eigenvalue weighted by Gasteiger charge is -1.93. The highest BCUT2D eigenvalue weighted by atomic mass is 127. The second-order valence-electron chi connectivity index (χ2n) is 4.42. The van der Waals surface area contributed by atoms with Crippen molar-refractivity contribution >= 4 is 33.9 Å². The van der Waals surface area contributed by atoms with E-state index in [-0.39, 0.29) is 0 Å². The van der Waals surface area contributed by atoms with Gasteiger partial charge in [0.15, 0.2) is 5.82 Å². The molecule has 0 unspecified atom stereocenters. The first-order valence-corrected chi connectivity index (χ1v) is 7.94. The van der Waals surface area contributed by atoms with Gasteiger partial charge in [0.05, 0.1) is 12.6 Å². The molecule has 0 atom stereocenters. The van der Waals surface area contributed by atoms with E-state index < -0.39 is 0 Å². The van der Waals surface area contributed by atoms with Gasteiger partial charge in [0.25, 0.3) is 5.89 Å². The lowest BCUT2D eigenvalue weighted by Crippen LogP contribution is -2.01. The Kier molecular flexibility index (Phi) is 3.08. The van der Waals surface area contributed by atoms with Crippen LogP contribution in [-0.4, -0.2) is 15.3 Å². The van der Waals surface area contributed by atoms with Gasteiger partial charge in [-0.05, 0) is 28.2 Å². The molecule has 0 spiro atoms. The van der Waals surface area contributed by atoms with Crippen LogP contribution in [0.25, 0.3) is 10.8 Å². The second kappa shape index (κ2) is 4.93. The zero-order valence-electron chi connectivity index (χ0n) is 10.2. The summed E-state index contributed by atoms with van der Waals surface area (Å²) in [5, 5.41) is 11.0. The van der Waals surface area contributed by atoms with Gasteiger partial charge in [-0.1, -0.05) is 10.3 Å². The van der Waals surface area contributed by atoms with Crippen LogP contribution in [0.2, 0.25) is 0 Å². The molecule has 1 N–H and O–H groups in total. The first-order valence-electron chi connectivity index (χ1n) is 6.04. The molecule has 3 aromatic rings. The van der Waals surface area contributed by atoms with Gasteiger partial charge in [-0.3, -0.25) is 0 Å². The number of halogens is 1. The molecule has 4 heterocycles. The first kappa shape index (κ1) is 12.5. The minimum Gasteiger partial charge on any atom is -0.361 e. The van der Waals surface area contributed by atoms with E-state index in [0.717, 1.165) is 23.7 Å². The average molecular weight is 400 g/mol. The van der Waals surface area contributed by atoms with Crippen LogP contribution in [0, 0.1) is 3.57 Å². The Balaban J connectivity index is 1.65.